The molecule has 6 nitrogen and oxygen atoms in total. The van der Waals surface area contributed by atoms with Crippen LogP contribution in [0.3, 0.4) is 0 Å². The first-order chi connectivity index (χ1) is 12.0. The van der Waals surface area contributed by atoms with Crippen LogP contribution in [-0.4, -0.2) is 33.2 Å². The number of pyridine rings is 1. The smallest absolute Gasteiger partial charge is 0.226 e. The van der Waals surface area contributed by atoms with Crippen LogP contribution in [0.25, 0.3) is 11.2 Å². The molecular weight excluding hydrogens is 323 g/mol. The molecule has 0 saturated heterocycles. The lowest BCUT2D eigenvalue weighted by Gasteiger charge is -2.38. The fourth-order valence-electron chi connectivity index (χ4n) is 3.94. The molecule has 0 radical (unpaired) electrons. The van der Waals surface area contributed by atoms with Crippen LogP contribution in [0.2, 0.25) is 0 Å². The van der Waals surface area contributed by atoms with Crippen LogP contribution in [0, 0.1) is 5.92 Å². The third-order valence-electron chi connectivity index (χ3n) is 5.36. The number of carbonyl (C=O) groups excluding carboxylic acids is 1. The van der Waals surface area contributed by atoms with Gasteiger partial charge in [0, 0.05) is 24.7 Å². The van der Waals surface area contributed by atoms with Crippen molar-refractivity contribution >= 4 is 23.0 Å². The highest BCUT2D eigenvalue weighted by molar-refractivity contribution is 5.92. The molecule has 2 fully saturated rings. The second kappa shape index (κ2) is 5.97. The second-order valence-electron chi connectivity index (χ2n) is 7.52. The minimum absolute atomic E-state index is 0.115. The zero-order chi connectivity index (χ0) is 17.6. The molecule has 134 valence electrons. The highest BCUT2D eigenvalue weighted by atomic mass is 19.1. The molecule has 0 aromatic carbocycles. The van der Waals surface area contributed by atoms with Gasteiger partial charge in [-0.25, -0.2) is 14.4 Å². The number of aromatic nitrogens is 3. The fraction of sp³-hybridized carbons (Fsp3) is 0.611. The number of nitrogens with one attached hydrogen (secondary N) is 1. The molecule has 4 rings (SSSR count). The van der Waals surface area contributed by atoms with E-state index < -0.39 is 5.67 Å². The van der Waals surface area contributed by atoms with E-state index in [0.29, 0.717) is 42.5 Å². The average Bonchev–Trinajstić information content (AvgIpc) is 2.82. The lowest BCUT2D eigenvalue weighted by molar-refractivity contribution is -0.119. The fourth-order valence-corrected chi connectivity index (χ4v) is 3.94. The highest BCUT2D eigenvalue weighted by Gasteiger charge is 2.41. The predicted molar refractivity (Wildman–Crippen MR) is 92.5 cm³/mol. The number of hydrogen-bond acceptors (Lipinski definition) is 4. The SMILES string of the molecule is COc1ccnc2c1nc(NC(=O)CC1CC(C)(F)C1)n2C1CCC1. The second-order valence-corrected chi connectivity index (χ2v) is 7.52. The van der Waals surface area contributed by atoms with Crippen molar-refractivity contribution in [2.24, 2.45) is 5.92 Å². The summed E-state index contributed by atoms with van der Waals surface area (Å²) in [5.74, 6) is 1.16. The van der Waals surface area contributed by atoms with Gasteiger partial charge in [-0.1, -0.05) is 0 Å². The average molecular weight is 346 g/mol. The van der Waals surface area contributed by atoms with Gasteiger partial charge in [-0.05, 0) is 44.9 Å². The van der Waals surface area contributed by atoms with Crippen LogP contribution in [0.4, 0.5) is 10.3 Å². The van der Waals surface area contributed by atoms with Crippen molar-refractivity contribution in [1.29, 1.82) is 0 Å². The van der Waals surface area contributed by atoms with Gasteiger partial charge in [-0.3, -0.25) is 14.7 Å². The molecule has 2 aromatic heterocycles. The Balaban J connectivity index is 1.59. The number of rotatable bonds is 5. The summed E-state index contributed by atoms with van der Waals surface area (Å²) in [7, 11) is 1.60. The minimum atomic E-state index is -1.11. The van der Waals surface area contributed by atoms with Crippen molar-refractivity contribution in [3.8, 4) is 5.75 Å². The number of methoxy groups -OCH3 is 1. The summed E-state index contributed by atoms with van der Waals surface area (Å²) in [5.41, 5.74) is 0.285. The Morgan fingerprint density at radius 3 is 2.84 bits per heavy atom. The van der Waals surface area contributed by atoms with Gasteiger partial charge < -0.3 is 4.74 Å². The normalized spacial score (nSPS) is 26.1. The lowest BCUT2D eigenvalue weighted by Crippen LogP contribution is -2.38. The third kappa shape index (κ3) is 2.96. The van der Waals surface area contributed by atoms with Gasteiger partial charge in [0.05, 0.1) is 7.11 Å². The Morgan fingerprint density at radius 2 is 2.24 bits per heavy atom. The summed E-state index contributed by atoms with van der Waals surface area (Å²) in [6.07, 6.45) is 6.20. The number of alkyl halides is 1. The molecule has 0 aliphatic heterocycles. The van der Waals surface area contributed by atoms with Crippen molar-refractivity contribution < 1.29 is 13.9 Å². The van der Waals surface area contributed by atoms with Gasteiger partial charge in [0.25, 0.3) is 0 Å². The maximum Gasteiger partial charge on any atom is 0.226 e. The van der Waals surface area contributed by atoms with E-state index in [-0.39, 0.29) is 11.8 Å². The van der Waals surface area contributed by atoms with Gasteiger partial charge in [-0.2, -0.15) is 0 Å². The van der Waals surface area contributed by atoms with Crippen molar-refractivity contribution in [2.45, 2.75) is 57.2 Å². The first-order valence-electron chi connectivity index (χ1n) is 8.86. The van der Waals surface area contributed by atoms with Crippen molar-refractivity contribution in [3.05, 3.63) is 12.3 Å². The Morgan fingerprint density at radius 1 is 1.48 bits per heavy atom. The standard InChI is InChI=1S/C18H23FN4O2/c1-18(19)9-11(10-18)8-14(24)21-17-22-15-13(25-2)6-7-20-16(15)23(17)12-4-3-5-12/h6-7,11-12H,3-5,8-10H2,1-2H3,(H,21,22,24). The van der Waals surface area contributed by atoms with E-state index in [1.165, 1.54) is 6.42 Å². The number of imidazole rings is 1. The maximum atomic E-state index is 13.6. The largest absolute Gasteiger partial charge is 0.494 e. The van der Waals surface area contributed by atoms with Crippen LogP contribution < -0.4 is 10.1 Å². The van der Waals surface area contributed by atoms with Crippen LogP contribution in [0.5, 0.6) is 5.75 Å². The Bertz CT molecular complexity index is 805. The van der Waals surface area contributed by atoms with Crippen molar-refractivity contribution in [3.63, 3.8) is 0 Å². The first-order valence-corrected chi connectivity index (χ1v) is 8.86. The maximum absolute atomic E-state index is 13.6. The molecule has 25 heavy (non-hydrogen) atoms. The monoisotopic (exact) mass is 346 g/mol. The number of halogens is 1. The molecular formula is C18H23FN4O2. The molecule has 1 amide bonds. The van der Waals surface area contributed by atoms with E-state index in [1.54, 1.807) is 26.3 Å². The Kier molecular flexibility index (Phi) is 3.89. The van der Waals surface area contributed by atoms with Crippen molar-refractivity contribution in [2.75, 3.05) is 12.4 Å². The van der Waals surface area contributed by atoms with E-state index in [1.807, 2.05) is 4.57 Å². The summed E-state index contributed by atoms with van der Waals surface area (Å²) in [6, 6.07) is 2.07. The summed E-state index contributed by atoms with van der Waals surface area (Å²) >= 11 is 0. The molecule has 0 bridgehead atoms. The van der Waals surface area contributed by atoms with Gasteiger partial charge in [-0.15, -0.1) is 0 Å². The Labute approximate surface area is 145 Å². The van der Waals surface area contributed by atoms with Crippen molar-refractivity contribution in [1.82, 2.24) is 14.5 Å². The van der Waals surface area contributed by atoms with Crippen LogP contribution in [-0.2, 0) is 4.79 Å². The molecule has 1 N–H and O–H groups in total. The molecule has 2 heterocycles. The minimum Gasteiger partial charge on any atom is -0.494 e. The number of ether oxygens (including phenoxy) is 1. The quantitative estimate of drug-likeness (QED) is 0.897. The third-order valence-corrected chi connectivity index (χ3v) is 5.36. The lowest BCUT2D eigenvalue weighted by atomic mass is 9.72. The number of carbonyl (C=O) groups is 1. The topological polar surface area (TPSA) is 69.0 Å². The zero-order valence-electron chi connectivity index (χ0n) is 14.6. The van der Waals surface area contributed by atoms with E-state index in [4.69, 9.17) is 4.74 Å². The molecule has 0 unspecified atom stereocenters. The molecule has 2 saturated carbocycles. The highest BCUT2D eigenvalue weighted by Crippen LogP contribution is 2.43. The summed E-state index contributed by atoms with van der Waals surface area (Å²) in [6.45, 7) is 1.59. The zero-order valence-corrected chi connectivity index (χ0v) is 14.6. The van der Waals surface area contributed by atoms with Crippen LogP contribution in [0.15, 0.2) is 12.3 Å². The summed E-state index contributed by atoms with van der Waals surface area (Å²) in [5, 5.41) is 2.92. The first kappa shape index (κ1) is 16.3. The van der Waals surface area contributed by atoms with Gasteiger partial charge in [0.1, 0.15) is 11.4 Å². The summed E-state index contributed by atoms with van der Waals surface area (Å²) in [4.78, 5) is 21.4. The number of fused-ring (bicyclic) bond motifs is 1. The molecule has 0 atom stereocenters. The number of nitrogens with zero attached hydrogens (tertiary/aromatic N) is 3. The molecule has 2 aliphatic rings. The van der Waals surface area contributed by atoms with Gasteiger partial charge in [0.2, 0.25) is 11.9 Å². The molecule has 0 spiro atoms. The summed E-state index contributed by atoms with van der Waals surface area (Å²) < 4.78 is 21.0. The number of hydrogen-bond donors (Lipinski definition) is 1. The van der Waals surface area contributed by atoms with E-state index in [2.05, 4.69) is 15.3 Å². The van der Waals surface area contributed by atoms with Crippen LogP contribution >= 0.6 is 0 Å². The van der Waals surface area contributed by atoms with Crippen LogP contribution in [0.1, 0.15) is 51.5 Å². The van der Waals surface area contributed by atoms with E-state index in [0.717, 1.165) is 18.5 Å². The van der Waals surface area contributed by atoms with E-state index >= 15 is 0 Å². The number of anilines is 1. The van der Waals surface area contributed by atoms with Gasteiger partial charge >= 0.3 is 0 Å². The Hall–Kier alpha value is -2.18. The molecule has 2 aromatic rings. The molecule has 7 heteroatoms. The van der Waals surface area contributed by atoms with Gasteiger partial charge in [0.15, 0.2) is 11.2 Å². The number of amides is 1. The molecule has 2 aliphatic carbocycles. The predicted octanol–water partition coefficient (Wildman–Crippen LogP) is 3.63. The van der Waals surface area contributed by atoms with E-state index in [9.17, 15) is 9.18 Å².